The van der Waals surface area contributed by atoms with Crippen LogP contribution in [0, 0.1) is 0 Å². The average molecular weight is 350 g/mol. The van der Waals surface area contributed by atoms with Crippen LogP contribution in [0.4, 0.5) is 0 Å². The van der Waals surface area contributed by atoms with Gasteiger partial charge in [0, 0.05) is 18.0 Å². The molecule has 2 atom stereocenters. The maximum atomic E-state index is 10.7. The van der Waals surface area contributed by atoms with Crippen LogP contribution in [0.3, 0.4) is 0 Å². The highest BCUT2D eigenvalue weighted by molar-refractivity contribution is 7.83. The van der Waals surface area contributed by atoms with E-state index < -0.39 is 16.1 Å². The zero-order chi connectivity index (χ0) is 16.4. The van der Waals surface area contributed by atoms with Crippen molar-refractivity contribution in [3.8, 4) is 0 Å². The Balaban J connectivity index is 2.02. The third-order valence-electron chi connectivity index (χ3n) is 3.38. The van der Waals surface area contributed by atoms with E-state index in [4.69, 9.17) is 25.6 Å². The first-order chi connectivity index (χ1) is 10.2. The fourth-order valence-corrected chi connectivity index (χ4v) is 3.13. The lowest BCUT2D eigenvalue weighted by Crippen LogP contribution is -2.31. The Morgan fingerprint density at radius 1 is 1.27 bits per heavy atom. The van der Waals surface area contributed by atoms with E-state index in [2.05, 4.69) is 0 Å². The van der Waals surface area contributed by atoms with Crippen molar-refractivity contribution in [1.82, 2.24) is 4.72 Å². The van der Waals surface area contributed by atoms with Crippen molar-refractivity contribution in [2.45, 2.75) is 44.7 Å². The van der Waals surface area contributed by atoms with Gasteiger partial charge in [-0.1, -0.05) is 29.8 Å². The Bertz CT molecular complexity index is 619. The van der Waals surface area contributed by atoms with Crippen LogP contribution in [-0.4, -0.2) is 37.5 Å². The van der Waals surface area contributed by atoms with Crippen molar-refractivity contribution in [2.24, 2.45) is 0 Å². The molecule has 6 nitrogen and oxygen atoms in total. The predicted octanol–water partition coefficient (Wildman–Crippen LogP) is 2.19. The number of halogens is 1. The fraction of sp³-hybridized carbons (Fsp3) is 0.571. The van der Waals surface area contributed by atoms with Gasteiger partial charge in [-0.2, -0.15) is 13.1 Å². The molecule has 2 N–H and O–H groups in total. The van der Waals surface area contributed by atoms with Crippen molar-refractivity contribution in [2.75, 3.05) is 6.54 Å². The van der Waals surface area contributed by atoms with Crippen LogP contribution in [0.5, 0.6) is 0 Å². The van der Waals surface area contributed by atoms with Crippen LogP contribution in [0.2, 0.25) is 5.02 Å². The fourth-order valence-electron chi connectivity index (χ4n) is 2.54. The first-order valence-electron chi connectivity index (χ1n) is 6.97. The molecule has 0 saturated carbocycles. The Morgan fingerprint density at radius 3 is 2.55 bits per heavy atom. The quantitative estimate of drug-likeness (QED) is 0.769. The lowest BCUT2D eigenvalue weighted by Gasteiger charge is -2.17. The molecule has 2 rings (SSSR count). The summed E-state index contributed by atoms with van der Waals surface area (Å²) >= 11 is 6.16. The molecule has 0 unspecified atom stereocenters. The maximum absolute atomic E-state index is 10.7. The number of ether oxygens (including phenoxy) is 2. The molecule has 0 radical (unpaired) electrons. The largest absolute Gasteiger partial charge is 0.345 e. The predicted molar refractivity (Wildman–Crippen MR) is 83.1 cm³/mol. The molecule has 1 aromatic carbocycles. The molecule has 0 aromatic heterocycles. The van der Waals surface area contributed by atoms with E-state index in [1.807, 2.05) is 42.8 Å². The molecule has 0 aliphatic carbocycles. The van der Waals surface area contributed by atoms with E-state index in [1.54, 1.807) is 0 Å². The molecular formula is C14H20ClNO5S. The summed E-state index contributed by atoms with van der Waals surface area (Å²) in [6.07, 6.45) is 0.427. The minimum absolute atomic E-state index is 0.0714. The highest BCUT2D eigenvalue weighted by atomic mass is 35.5. The highest BCUT2D eigenvalue weighted by Crippen LogP contribution is 2.32. The van der Waals surface area contributed by atoms with Gasteiger partial charge in [0.2, 0.25) is 0 Å². The van der Waals surface area contributed by atoms with Crippen molar-refractivity contribution >= 4 is 21.9 Å². The molecule has 1 aromatic rings. The van der Waals surface area contributed by atoms with Gasteiger partial charge in [0.1, 0.15) is 0 Å². The first-order valence-corrected chi connectivity index (χ1v) is 8.79. The van der Waals surface area contributed by atoms with Gasteiger partial charge < -0.3 is 9.47 Å². The molecule has 0 bridgehead atoms. The van der Waals surface area contributed by atoms with Gasteiger partial charge in [-0.3, -0.25) is 4.55 Å². The van der Waals surface area contributed by atoms with Crippen LogP contribution in [0.25, 0.3) is 0 Å². The van der Waals surface area contributed by atoms with E-state index in [1.165, 1.54) is 0 Å². The normalized spacial score (nSPS) is 24.5. The Labute approximate surface area is 135 Å². The summed E-state index contributed by atoms with van der Waals surface area (Å²) in [5, 5.41) is 0.658. The van der Waals surface area contributed by atoms with Crippen molar-refractivity contribution < 1.29 is 22.4 Å². The summed E-state index contributed by atoms with van der Waals surface area (Å²) in [6.45, 7) is 3.69. The second-order valence-electron chi connectivity index (χ2n) is 5.67. The summed E-state index contributed by atoms with van der Waals surface area (Å²) in [6, 6.07) is 7.49. The second kappa shape index (κ2) is 6.82. The SMILES string of the molecule is CC1(C)O[C@H](CCNS(=O)(=O)O)[C@@H](Cc2ccccc2Cl)O1. The molecule has 0 amide bonds. The average Bonchev–Trinajstić information content (AvgIpc) is 2.65. The smallest absolute Gasteiger partial charge is 0.333 e. The Kier molecular flexibility index (Phi) is 5.47. The number of rotatable bonds is 6. The van der Waals surface area contributed by atoms with Crippen LogP contribution >= 0.6 is 11.6 Å². The van der Waals surface area contributed by atoms with E-state index >= 15 is 0 Å². The molecule has 0 spiro atoms. The maximum Gasteiger partial charge on any atom is 0.333 e. The molecule has 1 fully saturated rings. The molecule has 1 aliphatic heterocycles. The molecule has 1 heterocycles. The molecule has 1 saturated heterocycles. The van der Waals surface area contributed by atoms with Crippen LogP contribution in [0.1, 0.15) is 25.8 Å². The summed E-state index contributed by atoms with van der Waals surface area (Å²) in [5.41, 5.74) is 0.947. The van der Waals surface area contributed by atoms with Gasteiger partial charge in [0.15, 0.2) is 5.79 Å². The highest BCUT2D eigenvalue weighted by Gasteiger charge is 2.41. The van der Waals surface area contributed by atoms with Crippen molar-refractivity contribution in [3.63, 3.8) is 0 Å². The molecular weight excluding hydrogens is 330 g/mol. The number of hydrogen-bond donors (Lipinski definition) is 2. The lowest BCUT2D eigenvalue weighted by atomic mass is 10.0. The topological polar surface area (TPSA) is 84.9 Å². The zero-order valence-electron chi connectivity index (χ0n) is 12.5. The number of benzene rings is 1. The van der Waals surface area contributed by atoms with E-state index in [0.717, 1.165) is 5.56 Å². The van der Waals surface area contributed by atoms with E-state index in [-0.39, 0.29) is 18.8 Å². The summed E-state index contributed by atoms with van der Waals surface area (Å²) < 4.78 is 43.8. The standard InChI is InChI=1S/C14H20ClNO5S/c1-14(2)20-12(7-8-16-22(17,18)19)13(21-14)9-10-5-3-4-6-11(10)15/h3-6,12-13,16H,7-9H2,1-2H3,(H,17,18,19)/t12-,13-/m1/s1. The molecule has 124 valence electrons. The van der Waals surface area contributed by atoms with Gasteiger partial charge >= 0.3 is 10.3 Å². The van der Waals surface area contributed by atoms with Crippen molar-refractivity contribution in [1.29, 1.82) is 0 Å². The summed E-state index contributed by atoms with van der Waals surface area (Å²) in [5.74, 6) is -0.741. The van der Waals surface area contributed by atoms with Crippen LogP contribution in [0.15, 0.2) is 24.3 Å². The van der Waals surface area contributed by atoms with Gasteiger partial charge in [0.25, 0.3) is 0 Å². The van der Waals surface area contributed by atoms with Crippen LogP contribution < -0.4 is 4.72 Å². The summed E-state index contributed by atoms with van der Waals surface area (Å²) in [7, 11) is -4.20. The Morgan fingerprint density at radius 2 is 1.91 bits per heavy atom. The van der Waals surface area contributed by atoms with E-state index in [9.17, 15) is 8.42 Å². The van der Waals surface area contributed by atoms with Gasteiger partial charge in [-0.15, -0.1) is 0 Å². The second-order valence-corrected chi connectivity index (χ2v) is 7.31. The van der Waals surface area contributed by atoms with Crippen molar-refractivity contribution in [3.05, 3.63) is 34.9 Å². The minimum atomic E-state index is -4.20. The zero-order valence-corrected chi connectivity index (χ0v) is 14.0. The lowest BCUT2D eigenvalue weighted by molar-refractivity contribution is -0.146. The Hall–Kier alpha value is -0.700. The van der Waals surface area contributed by atoms with Gasteiger partial charge in [-0.25, -0.2) is 0 Å². The minimum Gasteiger partial charge on any atom is -0.345 e. The van der Waals surface area contributed by atoms with Gasteiger partial charge in [0.05, 0.1) is 12.2 Å². The molecule has 8 heteroatoms. The van der Waals surface area contributed by atoms with E-state index in [0.29, 0.717) is 17.9 Å². The number of nitrogens with one attached hydrogen (secondary N) is 1. The summed E-state index contributed by atoms with van der Waals surface area (Å²) in [4.78, 5) is 0. The number of hydrogen-bond acceptors (Lipinski definition) is 4. The van der Waals surface area contributed by atoms with Crippen LogP contribution in [-0.2, 0) is 26.2 Å². The monoisotopic (exact) mass is 349 g/mol. The first kappa shape index (κ1) is 17.7. The molecule has 22 heavy (non-hydrogen) atoms. The molecule has 1 aliphatic rings. The third kappa shape index (κ3) is 5.19. The van der Waals surface area contributed by atoms with Gasteiger partial charge in [-0.05, 0) is 31.9 Å². The third-order valence-corrected chi connectivity index (χ3v) is 4.31.